The van der Waals surface area contributed by atoms with E-state index in [0.717, 1.165) is 31.8 Å². The minimum absolute atomic E-state index is 0.224. The summed E-state index contributed by atoms with van der Waals surface area (Å²) in [6.07, 6.45) is 5.92. The van der Waals surface area contributed by atoms with Crippen LogP contribution in [0.4, 0.5) is 0 Å². The molecular weight excluding hydrogens is 188 g/mol. The molecule has 3 nitrogen and oxygen atoms in total. The molecule has 3 heteroatoms. The van der Waals surface area contributed by atoms with Gasteiger partial charge in [0.15, 0.2) is 0 Å². The van der Waals surface area contributed by atoms with E-state index in [1.54, 1.807) is 0 Å². The lowest BCUT2D eigenvalue weighted by molar-refractivity contribution is -0.125. The Morgan fingerprint density at radius 1 is 1.53 bits per heavy atom. The highest BCUT2D eigenvalue weighted by Crippen LogP contribution is 2.34. The fourth-order valence-corrected chi connectivity index (χ4v) is 2.49. The molecule has 1 saturated heterocycles. The molecule has 2 unspecified atom stereocenters. The van der Waals surface area contributed by atoms with Gasteiger partial charge in [-0.3, -0.25) is 4.79 Å². The van der Waals surface area contributed by atoms with Crippen molar-refractivity contribution in [2.24, 2.45) is 11.8 Å². The average Bonchev–Trinajstić information content (AvgIpc) is 2.98. The number of amides is 1. The van der Waals surface area contributed by atoms with Gasteiger partial charge in [0.25, 0.3) is 0 Å². The highest BCUT2D eigenvalue weighted by atomic mass is 16.2. The van der Waals surface area contributed by atoms with Crippen LogP contribution in [0, 0.1) is 11.8 Å². The summed E-state index contributed by atoms with van der Waals surface area (Å²) >= 11 is 0. The predicted octanol–water partition coefficient (Wildman–Crippen LogP) is 1.29. The summed E-state index contributed by atoms with van der Waals surface area (Å²) in [5.41, 5.74) is 0. The van der Waals surface area contributed by atoms with E-state index in [-0.39, 0.29) is 11.8 Å². The van der Waals surface area contributed by atoms with Crippen LogP contribution in [-0.2, 0) is 4.79 Å². The van der Waals surface area contributed by atoms with Crippen molar-refractivity contribution in [2.45, 2.75) is 45.1 Å². The van der Waals surface area contributed by atoms with Gasteiger partial charge < -0.3 is 10.6 Å². The van der Waals surface area contributed by atoms with Gasteiger partial charge >= 0.3 is 0 Å². The summed E-state index contributed by atoms with van der Waals surface area (Å²) in [6, 6.07) is 0.499. The molecule has 2 rings (SSSR count). The lowest BCUT2D eigenvalue weighted by Crippen LogP contribution is -2.41. The van der Waals surface area contributed by atoms with Crippen molar-refractivity contribution in [3.05, 3.63) is 0 Å². The first-order chi connectivity index (χ1) is 7.31. The van der Waals surface area contributed by atoms with Crippen LogP contribution in [0.1, 0.15) is 39.0 Å². The summed E-state index contributed by atoms with van der Waals surface area (Å²) in [5, 5.41) is 6.46. The van der Waals surface area contributed by atoms with Crippen molar-refractivity contribution in [2.75, 3.05) is 13.1 Å². The number of carbonyl (C=O) groups is 1. The first-order valence-corrected chi connectivity index (χ1v) is 6.32. The Morgan fingerprint density at radius 3 is 3.07 bits per heavy atom. The highest BCUT2D eigenvalue weighted by Gasteiger charge is 2.38. The maximum Gasteiger partial charge on any atom is 0.224 e. The second-order valence-electron chi connectivity index (χ2n) is 4.94. The Bertz CT molecular complexity index is 224. The number of carbonyl (C=O) groups excluding carboxylic acids is 1. The van der Waals surface area contributed by atoms with E-state index in [9.17, 15) is 4.79 Å². The number of hydrogen-bond acceptors (Lipinski definition) is 2. The van der Waals surface area contributed by atoms with Crippen molar-refractivity contribution in [1.82, 2.24) is 10.6 Å². The Hall–Kier alpha value is -0.570. The molecule has 2 aliphatic rings. The van der Waals surface area contributed by atoms with Crippen molar-refractivity contribution in [3.8, 4) is 0 Å². The number of hydrogen-bond donors (Lipinski definition) is 2. The number of rotatable bonds is 4. The van der Waals surface area contributed by atoms with Crippen LogP contribution in [0.15, 0.2) is 0 Å². The maximum atomic E-state index is 11.8. The normalized spacial score (nSPS) is 34.9. The van der Waals surface area contributed by atoms with Gasteiger partial charge in [-0.15, -0.1) is 0 Å². The zero-order chi connectivity index (χ0) is 10.7. The molecule has 15 heavy (non-hydrogen) atoms. The van der Waals surface area contributed by atoms with E-state index < -0.39 is 0 Å². The van der Waals surface area contributed by atoms with Crippen LogP contribution < -0.4 is 10.6 Å². The van der Waals surface area contributed by atoms with Crippen LogP contribution in [0.3, 0.4) is 0 Å². The van der Waals surface area contributed by atoms with E-state index >= 15 is 0 Å². The molecule has 1 aliphatic heterocycles. The molecule has 0 aromatic heterocycles. The average molecular weight is 210 g/mol. The third-order valence-electron chi connectivity index (χ3n) is 3.58. The molecule has 2 fully saturated rings. The lowest BCUT2D eigenvalue weighted by Gasteiger charge is -2.21. The quantitative estimate of drug-likeness (QED) is 0.734. The smallest absolute Gasteiger partial charge is 0.224 e. The molecule has 1 amide bonds. The van der Waals surface area contributed by atoms with Crippen LogP contribution in [0.5, 0.6) is 0 Å². The summed E-state index contributed by atoms with van der Waals surface area (Å²) in [6.45, 7) is 4.16. The Morgan fingerprint density at radius 2 is 2.40 bits per heavy atom. The van der Waals surface area contributed by atoms with Crippen LogP contribution in [0.25, 0.3) is 0 Å². The van der Waals surface area contributed by atoms with E-state index in [4.69, 9.17) is 0 Å². The molecule has 1 heterocycles. The van der Waals surface area contributed by atoms with E-state index in [0.29, 0.717) is 6.04 Å². The molecule has 1 aliphatic carbocycles. The van der Waals surface area contributed by atoms with Crippen molar-refractivity contribution in [1.29, 1.82) is 0 Å². The van der Waals surface area contributed by atoms with Crippen LogP contribution in [-0.4, -0.2) is 25.0 Å². The minimum atomic E-state index is 0.224. The van der Waals surface area contributed by atoms with Gasteiger partial charge in [0.05, 0.1) is 5.92 Å². The third-order valence-corrected chi connectivity index (χ3v) is 3.58. The summed E-state index contributed by atoms with van der Waals surface area (Å²) in [4.78, 5) is 11.8. The molecule has 0 bridgehead atoms. The maximum absolute atomic E-state index is 11.8. The van der Waals surface area contributed by atoms with Gasteiger partial charge in [-0.2, -0.15) is 0 Å². The monoisotopic (exact) mass is 210 g/mol. The zero-order valence-corrected chi connectivity index (χ0v) is 9.59. The molecule has 1 saturated carbocycles. The summed E-state index contributed by atoms with van der Waals surface area (Å²) < 4.78 is 0. The Kier molecular flexibility index (Phi) is 3.62. The largest absolute Gasteiger partial charge is 0.353 e. The molecule has 0 spiro atoms. The SMILES string of the molecule is CCCC1CC1NC(=O)[C@H]1CCCNC1. The van der Waals surface area contributed by atoms with Crippen molar-refractivity contribution >= 4 is 5.91 Å². The van der Waals surface area contributed by atoms with E-state index in [1.807, 2.05) is 0 Å². The second-order valence-corrected chi connectivity index (χ2v) is 4.94. The number of nitrogens with one attached hydrogen (secondary N) is 2. The molecule has 86 valence electrons. The first kappa shape index (κ1) is 10.9. The fraction of sp³-hybridized carbons (Fsp3) is 0.917. The van der Waals surface area contributed by atoms with Crippen LogP contribution in [0.2, 0.25) is 0 Å². The molecule has 2 N–H and O–H groups in total. The molecule has 3 atom stereocenters. The zero-order valence-electron chi connectivity index (χ0n) is 9.59. The van der Waals surface area contributed by atoms with Gasteiger partial charge in [-0.1, -0.05) is 13.3 Å². The van der Waals surface area contributed by atoms with Gasteiger partial charge in [0.2, 0.25) is 5.91 Å². The van der Waals surface area contributed by atoms with Crippen molar-refractivity contribution < 1.29 is 4.79 Å². The summed E-state index contributed by atoms with van der Waals surface area (Å²) in [5.74, 6) is 1.28. The molecular formula is C12H22N2O. The third kappa shape index (κ3) is 2.94. The fourth-order valence-electron chi connectivity index (χ4n) is 2.49. The standard InChI is InChI=1S/C12H22N2O/c1-2-4-9-7-11(9)14-12(15)10-5-3-6-13-8-10/h9-11,13H,2-8H2,1H3,(H,14,15)/t9?,10-,11?/m0/s1. The van der Waals surface area contributed by atoms with Gasteiger partial charge in [0.1, 0.15) is 0 Å². The Balaban J connectivity index is 1.68. The van der Waals surface area contributed by atoms with Gasteiger partial charge in [0, 0.05) is 12.6 Å². The predicted molar refractivity (Wildman–Crippen MR) is 60.5 cm³/mol. The Labute approximate surface area is 92.0 Å². The van der Waals surface area contributed by atoms with Gasteiger partial charge in [-0.25, -0.2) is 0 Å². The second kappa shape index (κ2) is 4.97. The van der Waals surface area contributed by atoms with E-state index in [1.165, 1.54) is 19.3 Å². The number of piperidine rings is 1. The molecule has 0 radical (unpaired) electrons. The molecule has 0 aromatic rings. The van der Waals surface area contributed by atoms with Crippen molar-refractivity contribution in [3.63, 3.8) is 0 Å². The van der Waals surface area contributed by atoms with Crippen LogP contribution >= 0.6 is 0 Å². The lowest BCUT2D eigenvalue weighted by atomic mass is 9.99. The summed E-state index contributed by atoms with van der Waals surface area (Å²) in [7, 11) is 0. The van der Waals surface area contributed by atoms with Gasteiger partial charge in [-0.05, 0) is 38.1 Å². The minimum Gasteiger partial charge on any atom is -0.353 e. The topological polar surface area (TPSA) is 41.1 Å². The molecule has 0 aromatic carbocycles. The van der Waals surface area contributed by atoms with E-state index in [2.05, 4.69) is 17.6 Å². The highest BCUT2D eigenvalue weighted by molar-refractivity contribution is 5.79. The first-order valence-electron chi connectivity index (χ1n) is 6.32.